The van der Waals surface area contributed by atoms with Gasteiger partial charge in [0.15, 0.2) is 0 Å². The summed E-state index contributed by atoms with van der Waals surface area (Å²) < 4.78 is 0. The Hall–Kier alpha value is -3.08. The Morgan fingerprint density at radius 1 is 1.15 bits per heavy atom. The molecular weight excluding hydrogens is 328 g/mol. The predicted octanol–water partition coefficient (Wildman–Crippen LogP) is 3.31. The normalized spacial score (nSPS) is 16.5. The highest BCUT2D eigenvalue weighted by molar-refractivity contribution is 5.82. The van der Waals surface area contributed by atoms with Crippen molar-refractivity contribution in [3.05, 3.63) is 71.4 Å². The number of amides is 1. The number of carbonyl (C=O) groups excluding carboxylic acids is 1. The third-order valence-electron chi connectivity index (χ3n) is 5.09. The van der Waals surface area contributed by atoms with Gasteiger partial charge in [-0.05, 0) is 46.7 Å². The number of hydrogen-bond acceptors (Lipinski definition) is 2. The molecule has 0 saturated carbocycles. The van der Waals surface area contributed by atoms with Gasteiger partial charge in [-0.25, -0.2) is 0 Å². The SMILES string of the molecule is O=C(O)C1CN(C(=O)CCc2ccc3[nH]ccc3c2)Cc2ccccc21. The van der Waals surface area contributed by atoms with Gasteiger partial charge in [-0.2, -0.15) is 0 Å². The smallest absolute Gasteiger partial charge is 0.312 e. The average molecular weight is 348 g/mol. The first-order valence-electron chi connectivity index (χ1n) is 8.76. The molecule has 1 atom stereocenters. The van der Waals surface area contributed by atoms with Crippen LogP contribution in [0.4, 0.5) is 0 Å². The lowest BCUT2D eigenvalue weighted by atomic mass is 9.89. The number of aromatic nitrogens is 1. The summed E-state index contributed by atoms with van der Waals surface area (Å²) in [6.45, 7) is 0.720. The van der Waals surface area contributed by atoms with E-state index in [9.17, 15) is 14.7 Å². The van der Waals surface area contributed by atoms with Gasteiger partial charge in [-0.3, -0.25) is 9.59 Å². The van der Waals surface area contributed by atoms with Gasteiger partial charge in [0.2, 0.25) is 5.91 Å². The van der Waals surface area contributed by atoms with Crippen molar-refractivity contribution < 1.29 is 14.7 Å². The van der Waals surface area contributed by atoms with Crippen LogP contribution in [0.25, 0.3) is 10.9 Å². The lowest BCUT2D eigenvalue weighted by Gasteiger charge is -2.33. The number of nitrogens with one attached hydrogen (secondary N) is 1. The summed E-state index contributed by atoms with van der Waals surface area (Å²) in [4.78, 5) is 29.1. The molecule has 3 aromatic rings. The minimum atomic E-state index is -0.882. The van der Waals surface area contributed by atoms with Crippen LogP contribution in [0.2, 0.25) is 0 Å². The van der Waals surface area contributed by atoms with Crippen LogP contribution in [-0.4, -0.2) is 33.4 Å². The lowest BCUT2D eigenvalue weighted by molar-refractivity contribution is -0.141. The van der Waals surface area contributed by atoms with E-state index in [0.29, 0.717) is 19.4 Å². The fraction of sp³-hybridized carbons (Fsp3) is 0.238. The van der Waals surface area contributed by atoms with Crippen molar-refractivity contribution in [2.75, 3.05) is 6.54 Å². The van der Waals surface area contributed by atoms with E-state index in [0.717, 1.165) is 27.6 Å². The molecule has 0 bridgehead atoms. The fourth-order valence-corrected chi connectivity index (χ4v) is 3.68. The van der Waals surface area contributed by atoms with E-state index in [4.69, 9.17) is 0 Å². The van der Waals surface area contributed by atoms with Crippen LogP contribution < -0.4 is 0 Å². The Morgan fingerprint density at radius 2 is 2.00 bits per heavy atom. The summed E-state index contributed by atoms with van der Waals surface area (Å²) in [7, 11) is 0. The maximum absolute atomic E-state index is 12.7. The van der Waals surface area contributed by atoms with E-state index >= 15 is 0 Å². The van der Waals surface area contributed by atoms with Crippen LogP contribution in [0.1, 0.15) is 29.0 Å². The van der Waals surface area contributed by atoms with Crippen LogP contribution in [0.3, 0.4) is 0 Å². The molecule has 132 valence electrons. The molecule has 0 fully saturated rings. The van der Waals surface area contributed by atoms with Crippen molar-refractivity contribution in [2.45, 2.75) is 25.3 Å². The van der Waals surface area contributed by atoms with E-state index in [-0.39, 0.29) is 12.5 Å². The average Bonchev–Trinajstić information content (AvgIpc) is 3.12. The standard InChI is InChI=1S/C21H20N2O3/c24-20(8-6-14-5-7-19-15(11-14)9-10-22-19)23-12-16-3-1-2-4-17(16)18(13-23)21(25)26/h1-5,7,9-11,18,22H,6,8,12-13H2,(H,25,26). The van der Waals surface area contributed by atoms with Crippen LogP contribution >= 0.6 is 0 Å². The van der Waals surface area contributed by atoms with Crippen LogP contribution in [0, 0.1) is 0 Å². The molecule has 5 heteroatoms. The predicted molar refractivity (Wildman–Crippen MR) is 98.9 cm³/mol. The minimum Gasteiger partial charge on any atom is -0.481 e. The number of carboxylic acids is 1. The number of aromatic amines is 1. The van der Waals surface area contributed by atoms with Crippen LogP contribution in [0.15, 0.2) is 54.7 Å². The molecular formula is C21H20N2O3. The number of H-pyrrole nitrogens is 1. The van der Waals surface area contributed by atoms with Crippen molar-refractivity contribution in [3.8, 4) is 0 Å². The molecule has 1 unspecified atom stereocenters. The third-order valence-corrected chi connectivity index (χ3v) is 5.09. The maximum atomic E-state index is 12.7. The maximum Gasteiger partial charge on any atom is 0.312 e. The lowest BCUT2D eigenvalue weighted by Crippen LogP contribution is -2.40. The number of carboxylic acid groups (broad SMARTS) is 1. The molecule has 1 aliphatic heterocycles. The first-order chi connectivity index (χ1) is 12.6. The van der Waals surface area contributed by atoms with Crippen LogP contribution in [0.5, 0.6) is 0 Å². The summed E-state index contributed by atoms with van der Waals surface area (Å²) in [6.07, 6.45) is 2.93. The monoisotopic (exact) mass is 348 g/mol. The Balaban J connectivity index is 1.47. The molecule has 0 saturated heterocycles. The second kappa shape index (κ2) is 6.67. The van der Waals surface area contributed by atoms with Crippen molar-refractivity contribution >= 4 is 22.8 Å². The number of carbonyl (C=O) groups is 2. The van der Waals surface area contributed by atoms with Gasteiger partial charge in [0.25, 0.3) is 0 Å². The summed E-state index contributed by atoms with van der Waals surface area (Å²) in [5.74, 6) is -1.53. The second-order valence-electron chi connectivity index (χ2n) is 6.76. The molecule has 1 aliphatic rings. The number of nitrogens with zero attached hydrogens (tertiary/aromatic N) is 1. The summed E-state index contributed by atoms with van der Waals surface area (Å²) in [6, 6.07) is 15.6. The molecule has 2 aromatic carbocycles. The van der Waals surface area contributed by atoms with Crippen molar-refractivity contribution in [2.24, 2.45) is 0 Å². The molecule has 2 N–H and O–H groups in total. The van der Waals surface area contributed by atoms with Crippen LogP contribution in [-0.2, 0) is 22.6 Å². The molecule has 26 heavy (non-hydrogen) atoms. The largest absolute Gasteiger partial charge is 0.481 e. The first kappa shape index (κ1) is 16.4. The Bertz CT molecular complexity index is 976. The van der Waals surface area contributed by atoms with Crippen molar-refractivity contribution in [3.63, 3.8) is 0 Å². The Morgan fingerprint density at radius 3 is 2.85 bits per heavy atom. The van der Waals surface area contributed by atoms with Gasteiger partial charge in [-0.1, -0.05) is 30.3 Å². The number of hydrogen-bond donors (Lipinski definition) is 2. The van der Waals surface area contributed by atoms with E-state index in [1.165, 1.54) is 0 Å². The topological polar surface area (TPSA) is 73.4 Å². The fourth-order valence-electron chi connectivity index (χ4n) is 3.68. The van der Waals surface area contributed by atoms with E-state index < -0.39 is 11.9 Å². The zero-order valence-corrected chi connectivity index (χ0v) is 14.3. The Kier molecular flexibility index (Phi) is 4.21. The van der Waals surface area contributed by atoms with Gasteiger partial charge in [0.1, 0.15) is 0 Å². The van der Waals surface area contributed by atoms with Gasteiger partial charge >= 0.3 is 5.97 Å². The van der Waals surface area contributed by atoms with Gasteiger partial charge in [0, 0.05) is 31.2 Å². The molecule has 1 aromatic heterocycles. The molecule has 0 radical (unpaired) electrons. The molecule has 4 rings (SSSR count). The number of benzene rings is 2. The van der Waals surface area contributed by atoms with E-state index in [1.54, 1.807) is 4.90 Å². The Labute approximate surface area is 151 Å². The van der Waals surface area contributed by atoms with Gasteiger partial charge < -0.3 is 15.0 Å². The molecule has 0 spiro atoms. The molecule has 1 amide bonds. The quantitative estimate of drug-likeness (QED) is 0.760. The molecule has 0 aliphatic carbocycles. The number of rotatable bonds is 4. The van der Waals surface area contributed by atoms with Crippen molar-refractivity contribution in [1.29, 1.82) is 0 Å². The highest BCUT2D eigenvalue weighted by atomic mass is 16.4. The zero-order valence-electron chi connectivity index (χ0n) is 14.3. The number of aliphatic carboxylic acids is 1. The van der Waals surface area contributed by atoms with E-state index in [2.05, 4.69) is 11.1 Å². The third kappa shape index (κ3) is 3.08. The molecule has 5 nitrogen and oxygen atoms in total. The minimum absolute atomic E-state index is 0.0000753. The number of aryl methyl sites for hydroxylation is 1. The summed E-state index contributed by atoms with van der Waals surface area (Å²) in [5, 5.41) is 10.7. The highest BCUT2D eigenvalue weighted by Gasteiger charge is 2.32. The summed E-state index contributed by atoms with van der Waals surface area (Å²) >= 11 is 0. The van der Waals surface area contributed by atoms with Gasteiger partial charge in [-0.15, -0.1) is 0 Å². The zero-order chi connectivity index (χ0) is 18.1. The summed E-state index contributed by atoms with van der Waals surface area (Å²) in [5.41, 5.74) is 3.94. The first-order valence-corrected chi connectivity index (χ1v) is 8.76. The number of fused-ring (bicyclic) bond motifs is 2. The molecule has 2 heterocycles. The highest BCUT2D eigenvalue weighted by Crippen LogP contribution is 2.29. The van der Waals surface area contributed by atoms with E-state index in [1.807, 2.05) is 48.7 Å². The van der Waals surface area contributed by atoms with Gasteiger partial charge in [0.05, 0.1) is 5.92 Å². The van der Waals surface area contributed by atoms with Crippen molar-refractivity contribution in [1.82, 2.24) is 9.88 Å². The second-order valence-corrected chi connectivity index (χ2v) is 6.76.